The highest BCUT2D eigenvalue weighted by Crippen LogP contribution is 2.27. The Morgan fingerprint density at radius 3 is 2.50 bits per heavy atom. The molecular weight excluding hydrogens is 484 g/mol. The van der Waals surface area contributed by atoms with Gasteiger partial charge in [0.05, 0.1) is 29.5 Å². The number of nitrogen functional groups attached to an aromatic ring is 1. The first-order valence-corrected chi connectivity index (χ1v) is 12.2. The van der Waals surface area contributed by atoms with Crippen molar-refractivity contribution in [1.29, 1.82) is 10.8 Å². The number of nitrogens with one attached hydrogen (secondary N) is 3. The number of amides is 1. The Bertz CT molecular complexity index is 1280. The van der Waals surface area contributed by atoms with Gasteiger partial charge in [0.2, 0.25) is 5.96 Å². The molecule has 1 aromatic carbocycles. The molecule has 0 aliphatic carbocycles. The number of hydrogen-bond acceptors (Lipinski definition) is 9. The van der Waals surface area contributed by atoms with Crippen molar-refractivity contribution in [1.82, 2.24) is 21.0 Å². The van der Waals surface area contributed by atoms with E-state index in [4.69, 9.17) is 27.1 Å². The van der Waals surface area contributed by atoms with E-state index in [9.17, 15) is 4.79 Å². The number of nitrogens with zero attached hydrogens (tertiary/aromatic N) is 4. The largest absolute Gasteiger partial charge is 0.398 e. The number of anilines is 3. The van der Waals surface area contributed by atoms with Gasteiger partial charge in [-0.05, 0) is 58.0 Å². The molecule has 2 aliphatic heterocycles. The van der Waals surface area contributed by atoms with E-state index < -0.39 is 6.04 Å². The average molecular weight is 527 g/mol. The third-order valence-corrected chi connectivity index (χ3v) is 6.89. The van der Waals surface area contributed by atoms with Gasteiger partial charge in [0.15, 0.2) is 0 Å². The maximum Gasteiger partial charge on any atom is 0.255 e. The monoisotopic (exact) mass is 526 g/mol. The summed E-state index contributed by atoms with van der Waals surface area (Å²) >= 11 is 0. The van der Waals surface area contributed by atoms with Gasteiger partial charge in [0, 0.05) is 57.4 Å². The lowest BCUT2D eigenvalue weighted by molar-refractivity contribution is -0.113. The molecule has 0 saturated carbocycles. The molecule has 2 aromatic rings. The molecule has 1 fully saturated rings. The zero-order valence-corrected chi connectivity index (χ0v) is 22.6. The number of carbonyl (C=O) groups is 1. The maximum atomic E-state index is 13.2. The van der Waals surface area contributed by atoms with E-state index in [0.29, 0.717) is 33.8 Å². The minimum absolute atomic E-state index is 0. The van der Waals surface area contributed by atoms with Crippen LogP contribution in [0.5, 0.6) is 0 Å². The molecule has 0 unspecified atom stereocenters. The summed E-state index contributed by atoms with van der Waals surface area (Å²) in [5.41, 5.74) is 9.70. The van der Waals surface area contributed by atoms with Crippen LogP contribution in [0.3, 0.4) is 0 Å². The molecule has 208 valence electrons. The van der Waals surface area contributed by atoms with Gasteiger partial charge in [0.1, 0.15) is 5.82 Å². The molecular formula is C26H42N10O2. The predicted octanol–water partition coefficient (Wildman–Crippen LogP) is 3.00. The van der Waals surface area contributed by atoms with E-state index in [1.165, 1.54) is 5.01 Å². The number of rotatable bonds is 5. The third-order valence-electron chi connectivity index (χ3n) is 6.89. The number of hydrogen-bond donors (Lipinski definition) is 6. The van der Waals surface area contributed by atoms with Crippen LogP contribution in [-0.4, -0.2) is 70.9 Å². The number of morpholine rings is 1. The molecule has 12 heteroatoms. The average Bonchev–Trinajstić information content (AvgIpc) is 2.86. The van der Waals surface area contributed by atoms with Crippen molar-refractivity contribution >= 4 is 34.8 Å². The maximum absolute atomic E-state index is 13.2. The summed E-state index contributed by atoms with van der Waals surface area (Å²) in [4.78, 5) is 21.5. The van der Waals surface area contributed by atoms with Gasteiger partial charge in [0.25, 0.3) is 5.91 Å². The fraction of sp³-hybridized carbons (Fsp3) is 0.385. The lowest BCUT2D eigenvalue weighted by atomic mass is 10.00. The molecule has 0 spiro atoms. The van der Waals surface area contributed by atoms with Crippen LogP contribution < -0.4 is 27.9 Å². The minimum atomic E-state index is -0.476. The van der Waals surface area contributed by atoms with Crippen LogP contribution in [0.4, 0.5) is 17.2 Å². The van der Waals surface area contributed by atoms with Gasteiger partial charge < -0.3 is 31.7 Å². The summed E-state index contributed by atoms with van der Waals surface area (Å²) in [7, 11) is 1.69. The summed E-state index contributed by atoms with van der Waals surface area (Å²) in [6.07, 6.45) is 1.87. The first-order valence-electron chi connectivity index (χ1n) is 12.2. The number of guanidine groups is 1. The van der Waals surface area contributed by atoms with E-state index in [0.717, 1.165) is 18.9 Å². The summed E-state index contributed by atoms with van der Waals surface area (Å²) in [6, 6.07) is 8.27. The Labute approximate surface area is 226 Å². The lowest BCUT2D eigenvalue weighted by Crippen LogP contribution is -2.56. The molecule has 4 rings (SSSR count). The van der Waals surface area contributed by atoms with Gasteiger partial charge in [-0.2, -0.15) is 0 Å². The molecule has 3 heterocycles. The van der Waals surface area contributed by atoms with E-state index in [1.807, 2.05) is 19.9 Å². The summed E-state index contributed by atoms with van der Waals surface area (Å²) in [5.74, 6) is 6.58. The summed E-state index contributed by atoms with van der Waals surface area (Å²) in [6.45, 7) is 9.08. The molecule has 3 atom stereocenters. The van der Waals surface area contributed by atoms with Crippen LogP contribution in [-0.2, 0) is 9.53 Å². The topological polar surface area (TPSA) is 196 Å². The number of nitrogens with two attached hydrogens (primary N) is 2. The lowest BCUT2D eigenvalue weighted by Gasteiger charge is -2.39. The van der Waals surface area contributed by atoms with Crippen LogP contribution >= 0.6 is 0 Å². The molecule has 0 radical (unpaired) electrons. The van der Waals surface area contributed by atoms with Crippen LogP contribution in [0, 0.1) is 10.8 Å². The van der Waals surface area contributed by atoms with Gasteiger partial charge in [-0.3, -0.25) is 20.6 Å². The van der Waals surface area contributed by atoms with Crippen molar-refractivity contribution in [3.8, 4) is 0 Å². The molecule has 10 N–H and O–H groups in total. The normalized spacial score (nSPS) is 21.8. The number of aromatic nitrogens is 1. The molecule has 0 bridgehead atoms. The standard InChI is InChI=1S/C26H35N9O2.H3N.2H2/c1-14-12-34(13-15(2)37-14)22-10-18(8-9-31-22)24(28)20-11-19(6-7-21(20)27)32-25(36)23-16(3)33(5)26(29)35(30)17(23)4;;;/h6-11,14-15,17,28-29H,12-13,27,30H2,1-5H3,(H,32,36);1H3;2*1H/t14-,15+,17-;;;/m1.../s1. The zero-order valence-electron chi connectivity index (χ0n) is 22.6. The van der Waals surface area contributed by atoms with Crippen molar-refractivity contribution in [2.24, 2.45) is 5.84 Å². The summed E-state index contributed by atoms with van der Waals surface area (Å²) in [5, 5.41) is 21.2. The van der Waals surface area contributed by atoms with Gasteiger partial charge in [-0.1, -0.05) is 0 Å². The first kappa shape index (κ1) is 28.6. The Kier molecular flexibility index (Phi) is 8.40. The number of carbonyl (C=O) groups excluding carboxylic acids is 1. The molecule has 1 aromatic heterocycles. The highest BCUT2D eigenvalue weighted by molar-refractivity contribution is 6.15. The second-order valence-electron chi connectivity index (χ2n) is 9.66. The number of hydrazine groups is 1. The highest BCUT2D eigenvalue weighted by atomic mass is 16.5. The SMILES string of the molecule is CC1=C(C(=O)Nc2ccc(N)c(C(=N)c3ccnc(N4C[C@@H](C)O[C@@H](C)C4)c3)c2)[C@@H](C)N(N)C(=N)N1C.N.[HH].[HH]. The van der Waals surface area contributed by atoms with Gasteiger partial charge >= 0.3 is 0 Å². The van der Waals surface area contributed by atoms with E-state index >= 15 is 0 Å². The summed E-state index contributed by atoms with van der Waals surface area (Å²) < 4.78 is 5.83. The molecule has 1 saturated heterocycles. The zero-order chi connectivity index (χ0) is 27.0. The van der Waals surface area contributed by atoms with Crippen molar-refractivity contribution in [2.45, 2.75) is 45.9 Å². The van der Waals surface area contributed by atoms with Crippen molar-refractivity contribution in [3.63, 3.8) is 0 Å². The van der Waals surface area contributed by atoms with E-state index in [2.05, 4.69) is 15.2 Å². The number of ether oxygens (including phenoxy) is 1. The highest BCUT2D eigenvalue weighted by Gasteiger charge is 2.33. The van der Waals surface area contributed by atoms with Crippen LogP contribution in [0.25, 0.3) is 0 Å². The van der Waals surface area contributed by atoms with E-state index in [-0.39, 0.29) is 38.8 Å². The van der Waals surface area contributed by atoms with E-state index in [1.54, 1.807) is 56.3 Å². The number of allylic oxidation sites excluding steroid dienone is 1. The fourth-order valence-electron chi connectivity index (χ4n) is 4.81. The second-order valence-corrected chi connectivity index (χ2v) is 9.66. The minimum Gasteiger partial charge on any atom is -0.398 e. The smallest absolute Gasteiger partial charge is 0.255 e. The van der Waals surface area contributed by atoms with Gasteiger partial charge in [-0.15, -0.1) is 0 Å². The fourth-order valence-corrected chi connectivity index (χ4v) is 4.81. The molecule has 2 aliphatic rings. The number of pyridine rings is 1. The Balaban J connectivity index is 0.00000267. The van der Waals surface area contributed by atoms with Gasteiger partial charge in [-0.25, -0.2) is 10.8 Å². The molecule has 38 heavy (non-hydrogen) atoms. The van der Waals surface area contributed by atoms with Crippen molar-refractivity contribution in [3.05, 3.63) is 58.9 Å². The molecule has 12 nitrogen and oxygen atoms in total. The Hall–Kier alpha value is -4.00. The quantitative estimate of drug-likeness (QED) is 0.193. The first-order chi connectivity index (χ1) is 17.5. The second kappa shape index (κ2) is 11.2. The van der Waals surface area contributed by atoms with Crippen LogP contribution in [0.1, 0.15) is 41.7 Å². The Morgan fingerprint density at radius 1 is 1.18 bits per heavy atom. The molecule has 1 amide bonds. The van der Waals surface area contributed by atoms with Crippen molar-refractivity contribution in [2.75, 3.05) is 36.1 Å². The van der Waals surface area contributed by atoms with Crippen LogP contribution in [0.15, 0.2) is 47.8 Å². The third kappa shape index (κ3) is 5.47. The van der Waals surface area contributed by atoms with Crippen molar-refractivity contribution < 1.29 is 12.4 Å². The number of benzene rings is 1. The van der Waals surface area contributed by atoms with Crippen LogP contribution in [0.2, 0.25) is 0 Å². The predicted molar refractivity (Wildman–Crippen MR) is 155 cm³/mol. The Morgan fingerprint density at radius 2 is 1.84 bits per heavy atom.